The summed E-state index contributed by atoms with van der Waals surface area (Å²) in [5, 5.41) is 3.94. The normalized spacial score (nSPS) is 10.7. The maximum Gasteiger partial charge on any atom is 0.253 e. The van der Waals surface area contributed by atoms with E-state index in [0.29, 0.717) is 18.7 Å². The summed E-state index contributed by atoms with van der Waals surface area (Å²) < 4.78 is 5.85. The quantitative estimate of drug-likeness (QED) is 0.527. The zero-order chi connectivity index (χ0) is 18.5. The van der Waals surface area contributed by atoms with Crippen LogP contribution in [0.3, 0.4) is 0 Å². The second-order valence-electron chi connectivity index (χ2n) is 6.30. The Morgan fingerprint density at radius 3 is 2.41 bits per heavy atom. The van der Waals surface area contributed by atoms with Crippen LogP contribution in [0.2, 0.25) is 0 Å². The molecular weight excluding hydrogens is 336 g/mol. The maximum absolute atomic E-state index is 12.6. The van der Waals surface area contributed by atoms with Crippen LogP contribution in [-0.4, -0.2) is 10.9 Å². The van der Waals surface area contributed by atoms with Crippen molar-refractivity contribution in [3.05, 3.63) is 102 Å². The topological polar surface area (TPSA) is 54.1 Å². The highest BCUT2D eigenvalue weighted by molar-refractivity contribution is 6.06. The molecule has 4 aromatic rings. The first kappa shape index (κ1) is 16.9. The third-order valence-electron chi connectivity index (χ3n) is 4.53. The molecule has 134 valence electrons. The van der Waals surface area contributed by atoms with Gasteiger partial charge in [0.2, 0.25) is 0 Å². The number of ether oxygens (including phenoxy) is 1. The summed E-state index contributed by atoms with van der Waals surface area (Å²) >= 11 is 0. The number of H-pyrrole nitrogens is 1. The first-order chi connectivity index (χ1) is 13.3. The Bertz CT molecular complexity index is 1050. The minimum atomic E-state index is -0.0915. The van der Waals surface area contributed by atoms with Crippen molar-refractivity contribution in [1.82, 2.24) is 10.3 Å². The van der Waals surface area contributed by atoms with Crippen LogP contribution >= 0.6 is 0 Å². The van der Waals surface area contributed by atoms with Gasteiger partial charge in [0, 0.05) is 23.6 Å². The van der Waals surface area contributed by atoms with E-state index in [1.807, 2.05) is 78.9 Å². The summed E-state index contributed by atoms with van der Waals surface area (Å²) in [6, 6.07) is 25.5. The Morgan fingerprint density at radius 2 is 1.56 bits per heavy atom. The highest BCUT2D eigenvalue weighted by Crippen LogP contribution is 2.18. The number of nitrogens with one attached hydrogen (secondary N) is 2. The molecule has 1 aromatic heterocycles. The van der Waals surface area contributed by atoms with E-state index in [1.165, 1.54) is 0 Å². The molecule has 0 saturated heterocycles. The summed E-state index contributed by atoms with van der Waals surface area (Å²) in [7, 11) is 0. The van der Waals surface area contributed by atoms with Gasteiger partial charge in [-0.25, -0.2) is 0 Å². The number of rotatable bonds is 6. The fourth-order valence-electron chi connectivity index (χ4n) is 3.08. The lowest BCUT2D eigenvalue weighted by Gasteiger charge is -2.12. The van der Waals surface area contributed by atoms with Gasteiger partial charge in [0.25, 0.3) is 5.91 Å². The van der Waals surface area contributed by atoms with Crippen molar-refractivity contribution < 1.29 is 9.53 Å². The number of carbonyl (C=O) groups is 1. The number of benzene rings is 3. The molecule has 27 heavy (non-hydrogen) atoms. The number of aromatic amines is 1. The summed E-state index contributed by atoms with van der Waals surface area (Å²) in [5.74, 6) is 0.737. The van der Waals surface area contributed by atoms with E-state index < -0.39 is 0 Å². The summed E-state index contributed by atoms with van der Waals surface area (Å²) in [6.07, 6.45) is 1.75. The minimum absolute atomic E-state index is 0.0915. The van der Waals surface area contributed by atoms with Gasteiger partial charge in [0.05, 0.1) is 5.56 Å². The molecule has 0 unspecified atom stereocenters. The maximum atomic E-state index is 12.6. The van der Waals surface area contributed by atoms with Crippen LogP contribution in [0.15, 0.2) is 85.1 Å². The van der Waals surface area contributed by atoms with E-state index in [9.17, 15) is 4.79 Å². The number of hydrogen-bond acceptors (Lipinski definition) is 2. The van der Waals surface area contributed by atoms with Crippen LogP contribution in [0.25, 0.3) is 10.9 Å². The summed E-state index contributed by atoms with van der Waals surface area (Å²) in [5.41, 5.74) is 3.71. The average Bonchev–Trinajstić information content (AvgIpc) is 3.16. The number of hydrogen-bond donors (Lipinski definition) is 2. The van der Waals surface area contributed by atoms with Gasteiger partial charge < -0.3 is 15.0 Å². The molecule has 0 aliphatic carbocycles. The van der Waals surface area contributed by atoms with Crippen LogP contribution < -0.4 is 10.1 Å². The molecule has 0 aliphatic heterocycles. The van der Waals surface area contributed by atoms with Crippen molar-refractivity contribution in [2.75, 3.05) is 0 Å². The average molecular weight is 356 g/mol. The predicted molar refractivity (Wildman–Crippen MR) is 107 cm³/mol. The first-order valence-electron chi connectivity index (χ1n) is 8.90. The van der Waals surface area contributed by atoms with Crippen molar-refractivity contribution in [2.45, 2.75) is 13.2 Å². The number of fused-ring (bicyclic) bond motifs is 1. The van der Waals surface area contributed by atoms with E-state index in [0.717, 1.165) is 27.8 Å². The largest absolute Gasteiger partial charge is 0.489 e. The van der Waals surface area contributed by atoms with Gasteiger partial charge in [0.15, 0.2) is 0 Å². The van der Waals surface area contributed by atoms with Gasteiger partial charge in [0.1, 0.15) is 12.4 Å². The summed E-state index contributed by atoms with van der Waals surface area (Å²) in [6.45, 7) is 0.913. The first-order valence-corrected chi connectivity index (χ1v) is 8.90. The number of amides is 1. The van der Waals surface area contributed by atoms with Gasteiger partial charge >= 0.3 is 0 Å². The van der Waals surface area contributed by atoms with Gasteiger partial charge in [-0.15, -0.1) is 0 Å². The molecule has 0 spiro atoms. The molecule has 1 amide bonds. The Balaban J connectivity index is 1.44. The molecule has 4 rings (SSSR count). The van der Waals surface area contributed by atoms with Crippen molar-refractivity contribution in [2.24, 2.45) is 0 Å². The molecular formula is C23H20N2O2. The molecule has 2 N–H and O–H groups in total. The fourth-order valence-corrected chi connectivity index (χ4v) is 3.08. The van der Waals surface area contributed by atoms with E-state index in [-0.39, 0.29) is 5.91 Å². The Labute approximate surface area is 157 Å². The number of para-hydroxylation sites is 2. The molecule has 4 nitrogen and oxygen atoms in total. The van der Waals surface area contributed by atoms with E-state index in [1.54, 1.807) is 6.20 Å². The molecule has 4 heteroatoms. The lowest BCUT2D eigenvalue weighted by Crippen LogP contribution is -2.23. The van der Waals surface area contributed by atoms with E-state index in [2.05, 4.69) is 10.3 Å². The van der Waals surface area contributed by atoms with Crippen molar-refractivity contribution in [3.63, 3.8) is 0 Å². The molecule has 0 radical (unpaired) electrons. The monoisotopic (exact) mass is 356 g/mol. The molecule has 0 bridgehead atoms. The van der Waals surface area contributed by atoms with E-state index in [4.69, 9.17) is 4.74 Å². The van der Waals surface area contributed by atoms with Crippen LogP contribution in [0.4, 0.5) is 0 Å². The second-order valence-corrected chi connectivity index (χ2v) is 6.30. The third-order valence-corrected chi connectivity index (χ3v) is 4.53. The highest BCUT2D eigenvalue weighted by atomic mass is 16.5. The van der Waals surface area contributed by atoms with E-state index >= 15 is 0 Å². The van der Waals surface area contributed by atoms with Gasteiger partial charge in [-0.05, 0) is 29.3 Å². The standard InChI is InChI=1S/C23H20N2O2/c26-23(21-15-24-22-13-7-6-12-20(21)22)25-14-17-8-4-5-9-18(17)16-27-19-10-2-1-3-11-19/h1-13,15,24H,14,16H2,(H,25,26). The van der Waals surface area contributed by atoms with Crippen LogP contribution in [-0.2, 0) is 13.2 Å². The number of carbonyl (C=O) groups excluding carboxylic acids is 1. The lowest BCUT2D eigenvalue weighted by molar-refractivity contribution is 0.0952. The Hall–Kier alpha value is -3.53. The van der Waals surface area contributed by atoms with Crippen LogP contribution in [0.5, 0.6) is 5.75 Å². The van der Waals surface area contributed by atoms with Gasteiger partial charge in [-0.3, -0.25) is 4.79 Å². The predicted octanol–water partition coefficient (Wildman–Crippen LogP) is 4.68. The molecule has 0 aliphatic rings. The Kier molecular flexibility index (Phi) is 4.88. The van der Waals surface area contributed by atoms with Crippen molar-refractivity contribution in [3.8, 4) is 5.75 Å². The smallest absolute Gasteiger partial charge is 0.253 e. The van der Waals surface area contributed by atoms with Crippen LogP contribution in [0, 0.1) is 0 Å². The molecule has 3 aromatic carbocycles. The highest BCUT2D eigenvalue weighted by Gasteiger charge is 2.12. The number of aromatic nitrogens is 1. The molecule has 1 heterocycles. The van der Waals surface area contributed by atoms with Crippen molar-refractivity contribution in [1.29, 1.82) is 0 Å². The summed E-state index contributed by atoms with van der Waals surface area (Å²) in [4.78, 5) is 15.8. The Morgan fingerprint density at radius 1 is 0.852 bits per heavy atom. The van der Waals surface area contributed by atoms with Gasteiger partial charge in [-0.1, -0.05) is 60.7 Å². The fraction of sp³-hybridized carbons (Fsp3) is 0.0870. The lowest BCUT2D eigenvalue weighted by atomic mass is 10.1. The SMILES string of the molecule is O=C(NCc1ccccc1COc1ccccc1)c1c[nH]c2ccccc12. The molecule has 0 fully saturated rings. The second kappa shape index (κ2) is 7.79. The third kappa shape index (κ3) is 3.85. The minimum Gasteiger partial charge on any atom is -0.489 e. The molecule has 0 atom stereocenters. The van der Waals surface area contributed by atoms with Crippen molar-refractivity contribution >= 4 is 16.8 Å². The zero-order valence-electron chi connectivity index (χ0n) is 14.8. The zero-order valence-corrected chi connectivity index (χ0v) is 14.8. The van der Waals surface area contributed by atoms with Crippen LogP contribution in [0.1, 0.15) is 21.5 Å². The van der Waals surface area contributed by atoms with Gasteiger partial charge in [-0.2, -0.15) is 0 Å². The molecule has 0 saturated carbocycles.